The van der Waals surface area contributed by atoms with Crippen LogP contribution in [0, 0.1) is 0 Å². The van der Waals surface area contributed by atoms with Crippen LogP contribution < -0.4 is 15.2 Å². The Morgan fingerprint density at radius 1 is 0.833 bits per heavy atom. The molecule has 0 aromatic heterocycles. The van der Waals surface area contributed by atoms with E-state index in [1.54, 1.807) is 7.11 Å². The molecule has 2 aromatic carbocycles. The van der Waals surface area contributed by atoms with E-state index in [2.05, 4.69) is 70.2 Å². The van der Waals surface area contributed by atoms with Gasteiger partial charge in [0.15, 0.2) is 0 Å². The second-order valence-corrected chi connectivity index (χ2v) is 5.79. The standard InChI is InChI=1S/C21H24O.C2H6/c1-15(2)21-14-19(22-5)11-12-20(21)17(4)13-16(3)18-9-7-6-8-10-18;1-2/h6-14H,1-5H3;1-2H3/b16-13+,20-17-;. The minimum atomic E-state index is 0.900. The van der Waals surface area contributed by atoms with Crippen LogP contribution in [0.4, 0.5) is 0 Å². The summed E-state index contributed by atoms with van der Waals surface area (Å²) in [4.78, 5) is 0. The molecule has 1 heteroatoms. The molecule has 0 aliphatic carbocycles. The Hall–Kier alpha value is -2.28. The molecule has 0 fully saturated rings. The highest BCUT2D eigenvalue weighted by atomic mass is 16.5. The summed E-state index contributed by atoms with van der Waals surface area (Å²) in [5.41, 5.74) is 5.09. The van der Waals surface area contributed by atoms with Crippen molar-refractivity contribution in [2.45, 2.75) is 41.5 Å². The molecule has 0 aliphatic rings. The molecule has 0 aliphatic heterocycles. The van der Waals surface area contributed by atoms with Gasteiger partial charge in [-0.15, -0.1) is 0 Å². The van der Waals surface area contributed by atoms with E-state index < -0.39 is 0 Å². The van der Waals surface area contributed by atoms with Gasteiger partial charge in [0.25, 0.3) is 0 Å². The van der Waals surface area contributed by atoms with Gasteiger partial charge in [0, 0.05) is 0 Å². The predicted molar refractivity (Wildman–Crippen MR) is 108 cm³/mol. The van der Waals surface area contributed by atoms with E-state index in [1.807, 2.05) is 26.0 Å². The maximum Gasteiger partial charge on any atom is 0.119 e. The van der Waals surface area contributed by atoms with Crippen molar-refractivity contribution in [3.8, 4) is 5.75 Å². The molecule has 0 saturated heterocycles. The van der Waals surface area contributed by atoms with Crippen LogP contribution in [0.25, 0.3) is 16.7 Å². The van der Waals surface area contributed by atoms with Crippen LogP contribution >= 0.6 is 0 Å². The van der Waals surface area contributed by atoms with E-state index >= 15 is 0 Å². The molecule has 24 heavy (non-hydrogen) atoms. The smallest absolute Gasteiger partial charge is 0.119 e. The average molecular weight is 322 g/mol. The Labute approximate surface area is 147 Å². The maximum atomic E-state index is 5.35. The fraction of sp³-hybridized carbons (Fsp3) is 0.304. The molecule has 0 bridgehead atoms. The van der Waals surface area contributed by atoms with Crippen molar-refractivity contribution in [1.29, 1.82) is 0 Å². The van der Waals surface area contributed by atoms with Crippen molar-refractivity contribution < 1.29 is 4.74 Å². The van der Waals surface area contributed by atoms with Crippen molar-refractivity contribution in [3.63, 3.8) is 0 Å². The molecule has 2 aromatic rings. The van der Waals surface area contributed by atoms with Gasteiger partial charge in [-0.3, -0.25) is 0 Å². The molecular weight excluding hydrogens is 292 g/mol. The summed E-state index contributed by atoms with van der Waals surface area (Å²) in [5, 5.41) is 2.50. The number of rotatable bonds is 3. The van der Waals surface area contributed by atoms with E-state index in [1.165, 1.54) is 32.7 Å². The SMILES string of the molecule is CC.COc1cc/c(=C(C)/C=C(\C)c2ccccc2)c(=C(C)C)c1. The van der Waals surface area contributed by atoms with Crippen molar-refractivity contribution >= 4 is 16.7 Å². The van der Waals surface area contributed by atoms with Gasteiger partial charge in [0.2, 0.25) is 0 Å². The second kappa shape index (κ2) is 9.77. The zero-order chi connectivity index (χ0) is 18.1. The number of allylic oxidation sites excluding steroid dienone is 2. The Bertz CT molecular complexity index is 792. The average Bonchev–Trinajstić information content (AvgIpc) is 2.63. The summed E-state index contributed by atoms with van der Waals surface area (Å²) < 4.78 is 5.35. The molecule has 1 nitrogen and oxygen atoms in total. The molecule has 0 N–H and O–H groups in total. The number of methoxy groups -OCH3 is 1. The number of hydrogen-bond donors (Lipinski definition) is 0. The number of benzene rings is 2. The van der Waals surface area contributed by atoms with Gasteiger partial charge in [-0.2, -0.15) is 0 Å². The first-order chi connectivity index (χ1) is 11.5. The van der Waals surface area contributed by atoms with Crippen LogP contribution in [-0.2, 0) is 0 Å². The van der Waals surface area contributed by atoms with Crippen LogP contribution in [0.15, 0.2) is 54.6 Å². The lowest BCUT2D eigenvalue weighted by molar-refractivity contribution is 0.414. The van der Waals surface area contributed by atoms with E-state index in [4.69, 9.17) is 4.74 Å². The third-order valence-corrected chi connectivity index (χ3v) is 3.85. The summed E-state index contributed by atoms with van der Waals surface area (Å²) in [7, 11) is 1.71. The maximum absolute atomic E-state index is 5.35. The summed E-state index contributed by atoms with van der Waals surface area (Å²) in [6.07, 6.45) is 2.25. The highest BCUT2D eigenvalue weighted by molar-refractivity contribution is 5.74. The highest BCUT2D eigenvalue weighted by Crippen LogP contribution is 2.15. The van der Waals surface area contributed by atoms with Gasteiger partial charge in [-0.25, -0.2) is 0 Å². The topological polar surface area (TPSA) is 9.23 Å². The van der Waals surface area contributed by atoms with Gasteiger partial charge < -0.3 is 4.74 Å². The lowest BCUT2D eigenvalue weighted by atomic mass is 10.0. The normalized spacial score (nSPS) is 12.0. The monoisotopic (exact) mass is 322 g/mol. The lowest BCUT2D eigenvalue weighted by Crippen LogP contribution is -2.27. The van der Waals surface area contributed by atoms with E-state index in [-0.39, 0.29) is 0 Å². The van der Waals surface area contributed by atoms with Crippen LogP contribution in [0.3, 0.4) is 0 Å². The minimum Gasteiger partial charge on any atom is -0.497 e. The first-order valence-electron chi connectivity index (χ1n) is 8.59. The Balaban J connectivity index is 0.00000139. The molecule has 0 radical (unpaired) electrons. The zero-order valence-corrected chi connectivity index (χ0v) is 16.1. The molecule has 0 amide bonds. The summed E-state index contributed by atoms with van der Waals surface area (Å²) in [5.74, 6) is 0.900. The zero-order valence-electron chi connectivity index (χ0n) is 16.1. The number of hydrogen-bond acceptors (Lipinski definition) is 1. The molecular formula is C23H30O. The van der Waals surface area contributed by atoms with Crippen LogP contribution in [0.2, 0.25) is 0 Å². The van der Waals surface area contributed by atoms with Crippen molar-refractivity contribution in [2.24, 2.45) is 0 Å². The Morgan fingerprint density at radius 3 is 2.00 bits per heavy atom. The quantitative estimate of drug-likeness (QED) is 0.756. The summed E-state index contributed by atoms with van der Waals surface area (Å²) in [6, 6.07) is 16.8. The molecule has 128 valence electrons. The molecule has 2 rings (SSSR count). The molecule has 0 spiro atoms. The highest BCUT2D eigenvalue weighted by Gasteiger charge is 1.99. The second-order valence-electron chi connectivity index (χ2n) is 5.79. The van der Waals surface area contributed by atoms with Crippen LogP contribution in [0.1, 0.15) is 47.1 Å². The predicted octanol–water partition coefficient (Wildman–Crippen LogP) is 5.19. The Morgan fingerprint density at radius 2 is 1.46 bits per heavy atom. The lowest BCUT2D eigenvalue weighted by Gasteiger charge is -2.05. The largest absolute Gasteiger partial charge is 0.497 e. The van der Waals surface area contributed by atoms with Gasteiger partial charge in [0.1, 0.15) is 5.75 Å². The van der Waals surface area contributed by atoms with E-state index in [9.17, 15) is 0 Å². The minimum absolute atomic E-state index is 0.900. The van der Waals surface area contributed by atoms with Gasteiger partial charge in [-0.1, -0.05) is 61.9 Å². The van der Waals surface area contributed by atoms with Crippen LogP contribution in [0.5, 0.6) is 5.75 Å². The summed E-state index contributed by atoms with van der Waals surface area (Å²) in [6.45, 7) is 12.6. The molecule has 0 saturated carbocycles. The van der Waals surface area contributed by atoms with Gasteiger partial charge in [-0.05, 0) is 67.0 Å². The fourth-order valence-corrected chi connectivity index (χ4v) is 2.59. The van der Waals surface area contributed by atoms with E-state index in [0.717, 1.165) is 5.75 Å². The first-order valence-corrected chi connectivity index (χ1v) is 8.59. The third-order valence-electron chi connectivity index (χ3n) is 3.85. The van der Waals surface area contributed by atoms with Crippen molar-refractivity contribution in [1.82, 2.24) is 0 Å². The van der Waals surface area contributed by atoms with Gasteiger partial charge >= 0.3 is 0 Å². The third kappa shape index (κ3) is 5.13. The molecule has 0 heterocycles. The molecule has 0 unspecified atom stereocenters. The van der Waals surface area contributed by atoms with E-state index in [0.29, 0.717) is 0 Å². The van der Waals surface area contributed by atoms with Gasteiger partial charge in [0.05, 0.1) is 7.11 Å². The Kier molecular flexibility index (Phi) is 8.05. The van der Waals surface area contributed by atoms with Crippen molar-refractivity contribution in [3.05, 3.63) is 70.6 Å². The fourth-order valence-electron chi connectivity index (χ4n) is 2.59. The van der Waals surface area contributed by atoms with Crippen LogP contribution in [-0.4, -0.2) is 7.11 Å². The summed E-state index contributed by atoms with van der Waals surface area (Å²) >= 11 is 0. The number of ether oxygens (including phenoxy) is 1. The first kappa shape index (κ1) is 19.8. The molecule has 0 atom stereocenters. The van der Waals surface area contributed by atoms with Crippen molar-refractivity contribution in [2.75, 3.05) is 7.11 Å².